The van der Waals surface area contributed by atoms with Crippen LogP contribution >= 0.6 is 0 Å². The maximum absolute atomic E-state index is 13.5. The quantitative estimate of drug-likeness (QED) is 0.715. The van der Waals surface area contributed by atoms with Gasteiger partial charge in [-0.1, -0.05) is 32.1 Å². The van der Waals surface area contributed by atoms with Crippen LogP contribution in [0.2, 0.25) is 0 Å². The molecule has 0 amide bonds. The Morgan fingerprint density at radius 3 is 2.81 bits per heavy atom. The summed E-state index contributed by atoms with van der Waals surface area (Å²) >= 11 is 0. The summed E-state index contributed by atoms with van der Waals surface area (Å²) in [6.07, 6.45) is 8.08. The van der Waals surface area contributed by atoms with E-state index in [-0.39, 0.29) is 0 Å². The Labute approximate surface area is 95.1 Å². The maximum Gasteiger partial charge on any atom is 0.217 e. The molecule has 2 nitrogen and oxygen atoms in total. The summed E-state index contributed by atoms with van der Waals surface area (Å²) in [5.41, 5.74) is 0.954. The van der Waals surface area contributed by atoms with Crippen molar-refractivity contribution < 1.29 is 4.39 Å². The van der Waals surface area contributed by atoms with Gasteiger partial charge >= 0.3 is 0 Å². The number of pyridine rings is 1. The van der Waals surface area contributed by atoms with Crippen molar-refractivity contribution in [3.8, 4) is 6.07 Å². The summed E-state index contributed by atoms with van der Waals surface area (Å²) in [5.74, 6) is 0.0594. The molecule has 0 N–H and O–H groups in total. The molecular formula is C13H15FN2. The number of aromatic nitrogens is 1. The van der Waals surface area contributed by atoms with Crippen LogP contribution in [0.3, 0.4) is 0 Å². The Balaban J connectivity index is 2.16. The number of hydrogen-bond acceptors (Lipinski definition) is 2. The molecule has 0 aliphatic heterocycles. The van der Waals surface area contributed by atoms with Gasteiger partial charge in [0.15, 0.2) is 0 Å². The van der Waals surface area contributed by atoms with E-state index in [1.165, 1.54) is 25.5 Å². The Kier molecular flexibility index (Phi) is 3.51. The minimum Gasteiger partial charge on any atom is -0.228 e. The second-order valence-electron chi connectivity index (χ2n) is 4.45. The zero-order valence-corrected chi connectivity index (χ0v) is 9.25. The molecule has 1 saturated carbocycles. The first-order valence-corrected chi connectivity index (χ1v) is 5.84. The first kappa shape index (κ1) is 11.1. The highest BCUT2D eigenvalue weighted by atomic mass is 19.1. The fourth-order valence-electron chi connectivity index (χ4n) is 2.45. The average molecular weight is 218 g/mol. The van der Waals surface area contributed by atoms with Crippen LogP contribution in [0, 0.1) is 23.2 Å². The number of hydrogen-bond donors (Lipinski definition) is 0. The highest BCUT2D eigenvalue weighted by Gasteiger charge is 2.18. The smallest absolute Gasteiger partial charge is 0.217 e. The molecule has 1 heterocycles. The van der Waals surface area contributed by atoms with E-state index in [1.54, 1.807) is 6.07 Å². The monoisotopic (exact) mass is 218 g/mol. The average Bonchev–Trinajstić information content (AvgIpc) is 2.33. The molecule has 0 saturated heterocycles. The van der Waals surface area contributed by atoms with Crippen molar-refractivity contribution >= 4 is 0 Å². The molecule has 2 rings (SSSR count). The SMILES string of the molecule is N#Cc1ccnc(F)c1CC1CCCCC1. The number of nitrogens with zero attached hydrogens (tertiary/aromatic N) is 2. The van der Waals surface area contributed by atoms with Gasteiger partial charge in [-0.2, -0.15) is 9.65 Å². The first-order chi connectivity index (χ1) is 7.81. The van der Waals surface area contributed by atoms with Crippen molar-refractivity contribution in [1.29, 1.82) is 5.26 Å². The second-order valence-corrected chi connectivity index (χ2v) is 4.45. The first-order valence-electron chi connectivity index (χ1n) is 5.84. The van der Waals surface area contributed by atoms with E-state index in [1.807, 2.05) is 6.07 Å². The molecule has 0 bridgehead atoms. The Bertz CT molecular complexity index is 403. The van der Waals surface area contributed by atoms with Crippen LogP contribution in [0.5, 0.6) is 0 Å². The predicted octanol–water partition coefficient (Wildman–Crippen LogP) is 3.22. The van der Waals surface area contributed by atoms with Gasteiger partial charge in [-0.15, -0.1) is 0 Å². The lowest BCUT2D eigenvalue weighted by Gasteiger charge is -2.21. The van der Waals surface area contributed by atoms with Crippen molar-refractivity contribution in [3.05, 3.63) is 29.3 Å². The molecule has 1 aliphatic rings. The second kappa shape index (κ2) is 5.07. The van der Waals surface area contributed by atoms with E-state index in [4.69, 9.17) is 5.26 Å². The van der Waals surface area contributed by atoms with Gasteiger partial charge in [-0.25, -0.2) is 4.98 Å². The minimum atomic E-state index is -0.468. The van der Waals surface area contributed by atoms with E-state index in [9.17, 15) is 4.39 Å². The Hall–Kier alpha value is -1.43. The fraction of sp³-hybridized carbons (Fsp3) is 0.538. The molecule has 1 aromatic rings. The van der Waals surface area contributed by atoms with Crippen LogP contribution in [0.25, 0.3) is 0 Å². The normalized spacial score (nSPS) is 17.0. The highest BCUT2D eigenvalue weighted by Crippen LogP contribution is 2.28. The maximum atomic E-state index is 13.5. The Morgan fingerprint density at radius 2 is 2.12 bits per heavy atom. The van der Waals surface area contributed by atoms with Crippen molar-refractivity contribution in [1.82, 2.24) is 4.98 Å². The number of halogens is 1. The van der Waals surface area contributed by atoms with E-state index >= 15 is 0 Å². The molecule has 1 fully saturated rings. The van der Waals surface area contributed by atoms with Crippen molar-refractivity contribution in [2.75, 3.05) is 0 Å². The van der Waals surface area contributed by atoms with Gasteiger partial charge in [0, 0.05) is 11.8 Å². The number of nitriles is 1. The molecule has 16 heavy (non-hydrogen) atoms. The van der Waals surface area contributed by atoms with E-state index < -0.39 is 5.95 Å². The Morgan fingerprint density at radius 1 is 1.38 bits per heavy atom. The standard InChI is InChI=1S/C13H15FN2/c14-13-12(11(9-15)6-7-16-13)8-10-4-2-1-3-5-10/h6-7,10H,1-5,8H2. The third kappa shape index (κ3) is 2.38. The summed E-state index contributed by atoms with van der Waals surface area (Å²) in [4.78, 5) is 3.64. The summed E-state index contributed by atoms with van der Waals surface area (Å²) in [7, 11) is 0. The van der Waals surface area contributed by atoms with Gasteiger partial charge < -0.3 is 0 Å². The van der Waals surface area contributed by atoms with Crippen molar-refractivity contribution in [2.45, 2.75) is 38.5 Å². The van der Waals surface area contributed by atoms with Crippen LogP contribution in [-0.2, 0) is 6.42 Å². The summed E-state index contributed by atoms with van der Waals surface area (Å²) in [6.45, 7) is 0. The molecule has 1 aliphatic carbocycles. The summed E-state index contributed by atoms with van der Waals surface area (Å²) in [6, 6.07) is 3.64. The molecule has 0 aromatic carbocycles. The van der Waals surface area contributed by atoms with E-state index in [2.05, 4.69) is 4.98 Å². The lowest BCUT2D eigenvalue weighted by molar-refractivity contribution is 0.351. The van der Waals surface area contributed by atoms with Crippen LogP contribution < -0.4 is 0 Å². The molecule has 0 unspecified atom stereocenters. The molecule has 0 radical (unpaired) electrons. The van der Waals surface area contributed by atoms with Gasteiger partial charge in [0.25, 0.3) is 0 Å². The van der Waals surface area contributed by atoms with Gasteiger partial charge in [-0.05, 0) is 18.4 Å². The van der Waals surface area contributed by atoms with Crippen LogP contribution in [0.4, 0.5) is 4.39 Å². The van der Waals surface area contributed by atoms with E-state index in [0.29, 0.717) is 23.5 Å². The topological polar surface area (TPSA) is 36.7 Å². The predicted molar refractivity (Wildman–Crippen MR) is 59.2 cm³/mol. The van der Waals surface area contributed by atoms with Gasteiger partial charge in [0.2, 0.25) is 5.95 Å². The van der Waals surface area contributed by atoms with Crippen LogP contribution in [-0.4, -0.2) is 4.98 Å². The van der Waals surface area contributed by atoms with Gasteiger partial charge in [0.05, 0.1) is 11.6 Å². The summed E-state index contributed by atoms with van der Waals surface area (Å²) < 4.78 is 13.5. The van der Waals surface area contributed by atoms with Gasteiger partial charge in [0.1, 0.15) is 0 Å². The van der Waals surface area contributed by atoms with Crippen molar-refractivity contribution in [2.24, 2.45) is 5.92 Å². The zero-order valence-electron chi connectivity index (χ0n) is 9.25. The number of rotatable bonds is 2. The van der Waals surface area contributed by atoms with Gasteiger partial charge in [-0.3, -0.25) is 0 Å². The van der Waals surface area contributed by atoms with Crippen molar-refractivity contribution in [3.63, 3.8) is 0 Å². The third-order valence-corrected chi connectivity index (χ3v) is 3.34. The zero-order chi connectivity index (χ0) is 11.4. The molecular weight excluding hydrogens is 203 g/mol. The van der Waals surface area contributed by atoms with Crippen LogP contribution in [0.1, 0.15) is 43.2 Å². The highest BCUT2D eigenvalue weighted by molar-refractivity contribution is 5.36. The van der Waals surface area contributed by atoms with Crippen LogP contribution in [0.15, 0.2) is 12.3 Å². The fourth-order valence-corrected chi connectivity index (χ4v) is 2.45. The molecule has 0 spiro atoms. The molecule has 84 valence electrons. The third-order valence-electron chi connectivity index (χ3n) is 3.34. The largest absolute Gasteiger partial charge is 0.228 e. The summed E-state index contributed by atoms with van der Waals surface area (Å²) in [5, 5.41) is 8.93. The molecule has 3 heteroatoms. The molecule has 1 aromatic heterocycles. The van der Waals surface area contributed by atoms with E-state index in [0.717, 1.165) is 12.8 Å². The minimum absolute atomic E-state index is 0.443. The molecule has 0 atom stereocenters. The lowest BCUT2D eigenvalue weighted by atomic mass is 9.84. The lowest BCUT2D eigenvalue weighted by Crippen LogP contribution is -2.12.